The summed E-state index contributed by atoms with van der Waals surface area (Å²) < 4.78 is 8.22. The molecule has 6 rings (SSSR count). The first-order valence-corrected chi connectivity index (χ1v) is 11.6. The smallest absolute Gasteiger partial charge is 0.201 e. The molecule has 2 heterocycles. The first-order valence-electron chi connectivity index (χ1n) is 11.6. The number of fused-ring (bicyclic) bond motifs is 3. The highest BCUT2D eigenvalue weighted by atomic mass is 35.5. The van der Waals surface area contributed by atoms with Crippen LogP contribution in [0.1, 0.15) is 24.8 Å². The number of hydrogen-bond donors (Lipinski definition) is 2. The second kappa shape index (κ2) is 8.96. The number of aromatic nitrogens is 2. The molecular formula is C28H26ClN3O3. The summed E-state index contributed by atoms with van der Waals surface area (Å²) in [5.74, 6) is 0.515. The normalized spacial score (nSPS) is 14.6. The van der Waals surface area contributed by atoms with Gasteiger partial charge in [-0.1, -0.05) is 60.7 Å². The molecule has 0 spiro atoms. The van der Waals surface area contributed by atoms with Crippen molar-refractivity contribution in [1.29, 1.82) is 0 Å². The molecule has 0 atom stereocenters. The molecule has 3 aromatic carbocycles. The first kappa shape index (κ1) is 23.3. The van der Waals surface area contributed by atoms with Crippen molar-refractivity contribution in [3.8, 4) is 22.5 Å². The van der Waals surface area contributed by atoms with Crippen LogP contribution in [0.25, 0.3) is 44.3 Å². The molecule has 0 aliphatic heterocycles. The summed E-state index contributed by atoms with van der Waals surface area (Å²) in [7, 11) is 0. The Balaban J connectivity index is 0.00000253. The zero-order valence-corrected chi connectivity index (χ0v) is 19.9. The zero-order chi connectivity index (χ0) is 23.3. The topological polar surface area (TPSA) is 94.3 Å². The summed E-state index contributed by atoms with van der Waals surface area (Å²) in [6, 6.07) is 21.4. The fraction of sp³-hybridized carbons (Fsp3) is 0.214. The van der Waals surface area contributed by atoms with Crippen LogP contribution < -0.4 is 11.2 Å². The van der Waals surface area contributed by atoms with E-state index in [0.29, 0.717) is 34.4 Å². The first-order chi connectivity index (χ1) is 16.6. The maximum atomic E-state index is 13.9. The Labute approximate surface area is 208 Å². The number of aliphatic hydroxyl groups is 1. The van der Waals surface area contributed by atoms with Crippen molar-refractivity contribution in [2.75, 3.05) is 6.61 Å². The number of nitrogens with zero attached hydrogens (tertiary/aromatic N) is 2. The van der Waals surface area contributed by atoms with E-state index in [4.69, 9.17) is 10.2 Å². The lowest BCUT2D eigenvalue weighted by atomic mass is 9.72. The SMILES string of the molecule is Cl.NC1(c2ccc(-c3c(-c4ccccc4)oc4c(ccc5cnn(CCO)c54)c3=O)cc2)CCC1. The molecule has 6 nitrogen and oxygen atoms in total. The maximum absolute atomic E-state index is 13.9. The van der Waals surface area contributed by atoms with Gasteiger partial charge in [-0.3, -0.25) is 9.48 Å². The minimum Gasteiger partial charge on any atom is -0.453 e. The van der Waals surface area contributed by atoms with Crippen LogP contribution in [-0.4, -0.2) is 21.5 Å². The van der Waals surface area contributed by atoms with Gasteiger partial charge in [-0.2, -0.15) is 5.10 Å². The Hall–Kier alpha value is -3.45. The van der Waals surface area contributed by atoms with Gasteiger partial charge in [-0.15, -0.1) is 12.4 Å². The number of halogens is 1. The van der Waals surface area contributed by atoms with E-state index >= 15 is 0 Å². The Bertz CT molecular complexity index is 1570. The fourth-order valence-electron chi connectivity index (χ4n) is 4.95. The average molecular weight is 488 g/mol. The van der Waals surface area contributed by atoms with Gasteiger partial charge >= 0.3 is 0 Å². The van der Waals surface area contributed by atoms with E-state index in [9.17, 15) is 9.90 Å². The number of aliphatic hydroxyl groups excluding tert-OH is 1. The minimum atomic E-state index is -0.258. The Morgan fingerprint density at radius 2 is 1.74 bits per heavy atom. The summed E-state index contributed by atoms with van der Waals surface area (Å²) in [4.78, 5) is 13.9. The Morgan fingerprint density at radius 3 is 2.40 bits per heavy atom. The van der Waals surface area contributed by atoms with Gasteiger partial charge in [0.25, 0.3) is 0 Å². The largest absolute Gasteiger partial charge is 0.453 e. The van der Waals surface area contributed by atoms with Gasteiger partial charge in [-0.25, -0.2) is 0 Å². The van der Waals surface area contributed by atoms with Crippen LogP contribution >= 0.6 is 12.4 Å². The lowest BCUT2D eigenvalue weighted by Gasteiger charge is -2.38. The second-order valence-corrected chi connectivity index (χ2v) is 9.06. The van der Waals surface area contributed by atoms with Gasteiger partial charge in [0.05, 0.1) is 30.3 Å². The Kier molecular flexibility index (Phi) is 5.97. The van der Waals surface area contributed by atoms with E-state index < -0.39 is 0 Å². The zero-order valence-electron chi connectivity index (χ0n) is 19.1. The van der Waals surface area contributed by atoms with Crippen LogP contribution in [0.15, 0.2) is 82.1 Å². The van der Waals surface area contributed by atoms with Crippen molar-refractivity contribution in [3.63, 3.8) is 0 Å². The van der Waals surface area contributed by atoms with E-state index in [0.717, 1.165) is 41.3 Å². The molecule has 0 radical (unpaired) electrons. The highest BCUT2D eigenvalue weighted by molar-refractivity contribution is 6.04. The molecule has 178 valence electrons. The highest BCUT2D eigenvalue weighted by Crippen LogP contribution is 2.40. The van der Waals surface area contributed by atoms with Gasteiger partial charge in [-0.05, 0) is 36.5 Å². The van der Waals surface area contributed by atoms with Gasteiger partial charge in [0.1, 0.15) is 11.3 Å². The van der Waals surface area contributed by atoms with Crippen LogP contribution in [0.5, 0.6) is 0 Å². The van der Waals surface area contributed by atoms with E-state index in [2.05, 4.69) is 5.10 Å². The summed E-state index contributed by atoms with van der Waals surface area (Å²) in [5, 5.41) is 15.2. The molecule has 5 aromatic rings. The molecule has 35 heavy (non-hydrogen) atoms. The molecule has 1 aliphatic carbocycles. The molecule has 3 N–H and O–H groups in total. The minimum absolute atomic E-state index is 0. The molecule has 1 aliphatic rings. The molecule has 0 saturated heterocycles. The number of hydrogen-bond acceptors (Lipinski definition) is 5. The monoisotopic (exact) mass is 487 g/mol. The number of nitrogens with two attached hydrogens (primary N) is 1. The van der Waals surface area contributed by atoms with Gasteiger partial charge in [0, 0.05) is 16.5 Å². The molecule has 2 aromatic heterocycles. The summed E-state index contributed by atoms with van der Waals surface area (Å²) in [6.45, 7) is 0.257. The van der Waals surface area contributed by atoms with Crippen molar-refractivity contribution in [2.24, 2.45) is 5.73 Å². The molecule has 1 saturated carbocycles. The van der Waals surface area contributed by atoms with Crippen molar-refractivity contribution in [1.82, 2.24) is 9.78 Å². The van der Waals surface area contributed by atoms with Crippen LogP contribution in [0, 0.1) is 0 Å². The molecule has 7 heteroatoms. The third-order valence-corrected chi connectivity index (χ3v) is 7.00. The van der Waals surface area contributed by atoms with Crippen molar-refractivity contribution < 1.29 is 9.52 Å². The number of rotatable bonds is 5. The summed E-state index contributed by atoms with van der Waals surface area (Å²) in [6.07, 6.45) is 4.84. The van der Waals surface area contributed by atoms with Gasteiger partial charge < -0.3 is 15.3 Å². The van der Waals surface area contributed by atoms with Crippen molar-refractivity contribution in [3.05, 3.63) is 88.7 Å². The van der Waals surface area contributed by atoms with Gasteiger partial charge in [0.2, 0.25) is 5.43 Å². The quantitative estimate of drug-likeness (QED) is 0.354. The Morgan fingerprint density at radius 1 is 1.00 bits per heavy atom. The summed E-state index contributed by atoms with van der Waals surface area (Å²) in [5.41, 5.74) is 10.6. The lowest BCUT2D eigenvalue weighted by molar-refractivity contribution is 0.253. The third-order valence-electron chi connectivity index (χ3n) is 7.00. The predicted octanol–water partition coefficient (Wildman–Crippen LogP) is 5.23. The summed E-state index contributed by atoms with van der Waals surface area (Å²) >= 11 is 0. The maximum Gasteiger partial charge on any atom is 0.201 e. The van der Waals surface area contributed by atoms with Gasteiger partial charge in [0.15, 0.2) is 5.58 Å². The average Bonchev–Trinajstić information content (AvgIpc) is 3.27. The van der Waals surface area contributed by atoms with Crippen LogP contribution in [0.4, 0.5) is 0 Å². The second-order valence-electron chi connectivity index (χ2n) is 9.06. The van der Waals surface area contributed by atoms with Crippen LogP contribution in [0.2, 0.25) is 0 Å². The highest BCUT2D eigenvalue weighted by Gasteiger charge is 2.34. The van der Waals surface area contributed by atoms with E-state index in [1.54, 1.807) is 16.9 Å². The fourth-order valence-corrected chi connectivity index (χ4v) is 4.95. The molecule has 0 bridgehead atoms. The molecule has 0 amide bonds. The molecule has 0 unspecified atom stereocenters. The van der Waals surface area contributed by atoms with Crippen LogP contribution in [0.3, 0.4) is 0 Å². The molecule has 1 fully saturated rings. The molecular weight excluding hydrogens is 462 g/mol. The van der Waals surface area contributed by atoms with Crippen LogP contribution in [-0.2, 0) is 12.1 Å². The van der Waals surface area contributed by atoms with E-state index in [1.807, 2.05) is 60.7 Å². The van der Waals surface area contributed by atoms with Crippen molar-refractivity contribution in [2.45, 2.75) is 31.3 Å². The standard InChI is InChI=1S/C28H25N3O3.ClH/c29-28(13-4-14-28)21-10-7-18(8-11-21)23-25(33)22-12-9-20-17-30-31(15-16-32)24(20)27(22)34-26(23)19-5-2-1-3-6-19;/h1-3,5-12,17,32H,4,13-16,29H2;1H. The number of benzene rings is 3. The van der Waals surface area contributed by atoms with E-state index in [1.165, 1.54) is 0 Å². The van der Waals surface area contributed by atoms with Crippen molar-refractivity contribution >= 4 is 34.3 Å². The third kappa shape index (κ3) is 3.74. The lowest BCUT2D eigenvalue weighted by Crippen LogP contribution is -2.43. The predicted molar refractivity (Wildman–Crippen MR) is 141 cm³/mol. The van der Waals surface area contributed by atoms with E-state index in [-0.39, 0.29) is 30.0 Å².